The number of carbonyl (C=O) groups excluding carboxylic acids is 1. The molecule has 192 valence electrons. The van der Waals surface area contributed by atoms with Gasteiger partial charge in [-0.05, 0) is 95.2 Å². The van der Waals surface area contributed by atoms with Crippen LogP contribution in [0.15, 0.2) is 63.5 Å². The highest BCUT2D eigenvalue weighted by Crippen LogP contribution is 2.48. The highest BCUT2D eigenvalue weighted by atomic mass is 79.9. The van der Waals surface area contributed by atoms with Gasteiger partial charge >= 0.3 is 5.97 Å². The number of fused-ring (bicyclic) bond motifs is 1. The number of benzene rings is 3. The average molecular weight is 623 g/mol. The molecule has 1 heterocycles. The SMILES string of the molecule is CCOC(=O)c1c(-c2ccc(Cl)cc2)oc2cc(N(Cc3ccc(Br)c(Cl)c3)S(=O)O)c(C3CC3)cc12. The van der Waals surface area contributed by atoms with Crippen LogP contribution in [0.3, 0.4) is 0 Å². The van der Waals surface area contributed by atoms with E-state index in [1.165, 1.54) is 4.31 Å². The Balaban J connectivity index is 1.68. The van der Waals surface area contributed by atoms with Crippen LogP contribution in [0.5, 0.6) is 0 Å². The Morgan fingerprint density at radius 1 is 1.16 bits per heavy atom. The van der Waals surface area contributed by atoms with Gasteiger partial charge < -0.3 is 9.15 Å². The van der Waals surface area contributed by atoms with Gasteiger partial charge in [0, 0.05) is 26.5 Å². The van der Waals surface area contributed by atoms with Gasteiger partial charge in [-0.15, -0.1) is 0 Å². The molecule has 4 aromatic rings. The van der Waals surface area contributed by atoms with Crippen LogP contribution in [-0.4, -0.2) is 21.3 Å². The minimum Gasteiger partial charge on any atom is -0.462 e. The van der Waals surface area contributed by atoms with E-state index in [4.69, 9.17) is 32.4 Å². The third-order valence-electron chi connectivity index (χ3n) is 6.21. The molecule has 1 atom stereocenters. The smallest absolute Gasteiger partial charge is 0.342 e. The Kier molecular flexibility index (Phi) is 7.65. The van der Waals surface area contributed by atoms with E-state index in [9.17, 15) is 13.6 Å². The summed E-state index contributed by atoms with van der Waals surface area (Å²) in [6.07, 6.45) is 1.90. The zero-order valence-electron chi connectivity index (χ0n) is 19.7. The largest absolute Gasteiger partial charge is 0.462 e. The zero-order chi connectivity index (χ0) is 26.3. The molecule has 37 heavy (non-hydrogen) atoms. The summed E-state index contributed by atoms with van der Waals surface area (Å²) in [5, 5.41) is 1.67. The molecule has 1 aromatic heterocycles. The summed E-state index contributed by atoms with van der Waals surface area (Å²) in [6, 6.07) is 16.0. The van der Waals surface area contributed by atoms with E-state index in [0.717, 1.165) is 28.4 Å². The van der Waals surface area contributed by atoms with Gasteiger partial charge in [-0.2, -0.15) is 0 Å². The summed E-state index contributed by atoms with van der Waals surface area (Å²) < 4.78 is 36.6. The summed E-state index contributed by atoms with van der Waals surface area (Å²) in [5.74, 6) is 0.0797. The molecular formula is C27H22BrCl2NO5S. The lowest BCUT2D eigenvalue weighted by Gasteiger charge is -2.23. The summed E-state index contributed by atoms with van der Waals surface area (Å²) in [4.78, 5) is 13.1. The molecule has 3 aromatic carbocycles. The highest BCUT2D eigenvalue weighted by molar-refractivity contribution is 9.10. The van der Waals surface area contributed by atoms with Gasteiger partial charge in [0.2, 0.25) is 0 Å². The van der Waals surface area contributed by atoms with Gasteiger partial charge in [0.05, 0.1) is 23.9 Å². The second kappa shape index (κ2) is 10.8. The van der Waals surface area contributed by atoms with Crippen molar-refractivity contribution in [2.75, 3.05) is 10.9 Å². The lowest BCUT2D eigenvalue weighted by Crippen LogP contribution is -2.25. The maximum Gasteiger partial charge on any atom is 0.342 e. The summed E-state index contributed by atoms with van der Waals surface area (Å²) in [5.41, 5.74) is 3.63. The monoisotopic (exact) mass is 621 g/mol. The first-order valence-corrected chi connectivity index (χ1v) is 14.2. The predicted octanol–water partition coefficient (Wildman–Crippen LogP) is 8.37. The Hall–Kier alpha value is -2.36. The number of halogens is 3. The van der Waals surface area contributed by atoms with Crippen molar-refractivity contribution in [3.8, 4) is 11.3 Å². The molecule has 1 aliphatic rings. The van der Waals surface area contributed by atoms with Crippen molar-refractivity contribution in [3.63, 3.8) is 0 Å². The van der Waals surface area contributed by atoms with E-state index in [1.54, 1.807) is 49.4 Å². The summed E-state index contributed by atoms with van der Waals surface area (Å²) in [7, 11) is 0. The van der Waals surface area contributed by atoms with Crippen LogP contribution < -0.4 is 4.31 Å². The Labute approximate surface area is 235 Å². The topological polar surface area (TPSA) is 80.0 Å². The van der Waals surface area contributed by atoms with Crippen molar-refractivity contribution < 1.29 is 22.7 Å². The molecular weight excluding hydrogens is 601 g/mol. The minimum absolute atomic E-state index is 0.150. The fraction of sp³-hybridized carbons (Fsp3) is 0.222. The van der Waals surface area contributed by atoms with Crippen molar-refractivity contribution >= 4 is 73.0 Å². The van der Waals surface area contributed by atoms with Gasteiger partial charge in [0.25, 0.3) is 11.3 Å². The van der Waals surface area contributed by atoms with Crippen LogP contribution >= 0.6 is 39.1 Å². The third kappa shape index (κ3) is 5.45. The fourth-order valence-corrected chi connectivity index (χ4v) is 5.49. The van der Waals surface area contributed by atoms with Gasteiger partial charge in [-0.1, -0.05) is 29.3 Å². The van der Waals surface area contributed by atoms with Gasteiger partial charge in [-0.3, -0.25) is 8.86 Å². The van der Waals surface area contributed by atoms with Crippen LogP contribution in [0.4, 0.5) is 5.69 Å². The first-order chi connectivity index (χ1) is 17.8. The lowest BCUT2D eigenvalue weighted by atomic mass is 10.0. The number of rotatable bonds is 8. The lowest BCUT2D eigenvalue weighted by molar-refractivity contribution is 0.0528. The molecule has 0 aliphatic heterocycles. The van der Waals surface area contributed by atoms with Crippen molar-refractivity contribution in [3.05, 3.63) is 85.8 Å². The Morgan fingerprint density at radius 2 is 1.89 bits per heavy atom. The van der Waals surface area contributed by atoms with Crippen LogP contribution in [0.1, 0.15) is 47.2 Å². The van der Waals surface area contributed by atoms with E-state index in [-0.39, 0.29) is 19.1 Å². The number of nitrogens with zero attached hydrogens (tertiary/aromatic N) is 1. The van der Waals surface area contributed by atoms with E-state index in [0.29, 0.717) is 43.6 Å². The first-order valence-electron chi connectivity index (χ1n) is 11.6. The molecule has 0 radical (unpaired) electrons. The normalized spacial score (nSPS) is 14.1. The third-order valence-corrected chi connectivity index (χ3v) is 8.40. The van der Waals surface area contributed by atoms with Gasteiger partial charge in [-0.25, -0.2) is 9.00 Å². The molecule has 1 fully saturated rings. The number of esters is 1. The average Bonchev–Trinajstić information content (AvgIpc) is 3.64. The maximum absolute atomic E-state index is 13.1. The quantitative estimate of drug-likeness (QED) is 0.158. The molecule has 0 amide bonds. The number of ether oxygens (including phenoxy) is 1. The molecule has 1 saturated carbocycles. The molecule has 1 N–H and O–H groups in total. The zero-order valence-corrected chi connectivity index (χ0v) is 23.6. The van der Waals surface area contributed by atoms with Gasteiger partial charge in [0.15, 0.2) is 0 Å². The molecule has 1 unspecified atom stereocenters. The van der Waals surface area contributed by atoms with Crippen LogP contribution in [-0.2, 0) is 22.5 Å². The molecule has 0 bridgehead atoms. The molecule has 5 rings (SSSR count). The van der Waals surface area contributed by atoms with Crippen molar-refractivity contribution in [1.82, 2.24) is 0 Å². The molecule has 6 nitrogen and oxygen atoms in total. The number of anilines is 1. The second-order valence-electron chi connectivity index (χ2n) is 8.73. The maximum atomic E-state index is 13.1. The summed E-state index contributed by atoms with van der Waals surface area (Å²) >= 11 is 13.4. The molecule has 1 aliphatic carbocycles. The second-order valence-corrected chi connectivity index (χ2v) is 11.3. The van der Waals surface area contributed by atoms with Crippen molar-refractivity contribution in [2.24, 2.45) is 0 Å². The Bertz CT molecular complexity index is 1520. The van der Waals surface area contributed by atoms with Crippen molar-refractivity contribution in [2.45, 2.75) is 32.2 Å². The van der Waals surface area contributed by atoms with E-state index in [1.807, 2.05) is 12.1 Å². The van der Waals surface area contributed by atoms with E-state index >= 15 is 0 Å². The molecule has 10 heteroatoms. The fourth-order valence-electron chi connectivity index (χ4n) is 4.33. The molecule has 0 saturated heterocycles. The molecule has 0 spiro atoms. The summed E-state index contributed by atoms with van der Waals surface area (Å²) in [6.45, 7) is 2.11. The number of carbonyl (C=O) groups is 1. The number of furan rings is 1. The standard InChI is InChI=1S/C27H22BrCl2NO5S/c1-2-35-27(32)25-20-12-19(16-4-5-16)23(13-24(20)36-26(25)17-6-8-18(29)9-7-17)31(37(33)34)14-15-3-10-21(28)22(30)11-15/h3,6-13,16H,2,4-5,14H2,1H3,(H,33,34). The number of hydrogen-bond acceptors (Lipinski definition) is 4. The highest BCUT2D eigenvalue weighted by Gasteiger charge is 2.32. The van der Waals surface area contributed by atoms with E-state index < -0.39 is 17.2 Å². The van der Waals surface area contributed by atoms with Crippen LogP contribution in [0.25, 0.3) is 22.3 Å². The Morgan fingerprint density at radius 3 is 2.51 bits per heavy atom. The van der Waals surface area contributed by atoms with E-state index in [2.05, 4.69) is 15.9 Å². The number of hydrogen-bond donors (Lipinski definition) is 1. The minimum atomic E-state index is -2.33. The first kappa shape index (κ1) is 26.3. The van der Waals surface area contributed by atoms with Gasteiger partial charge in [0.1, 0.15) is 16.9 Å². The van der Waals surface area contributed by atoms with Crippen LogP contribution in [0.2, 0.25) is 10.0 Å². The predicted molar refractivity (Wildman–Crippen MR) is 151 cm³/mol. The van der Waals surface area contributed by atoms with Crippen LogP contribution in [0, 0.1) is 0 Å². The van der Waals surface area contributed by atoms with Crippen molar-refractivity contribution in [1.29, 1.82) is 0 Å².